The van der Waals surface area contributed by atoms with Gasteiger partial charge in [0, 0.05) is 37.0 Å². The van der Waals surface area contributed by atoms with E-state index in [1.807, 2.05) is 0 Å². The molecular weight excluding hydrogens is 551 g/mol. The Bertz CT molecular complexity index is 1720. The third-order valence-electron chi connectivity index (χ3n) is 5.98. The number of hydrogen-bond acceptors (Lipinski definition) is 10. The Labute approximate surface area is 225 Å². The van der Waals surface area contributed by atoms with Gasteiger partial charge in [0.05, 0.1) is 22.7 Å². The summed E-state index contributed by atoms with van der Waals surface area (Å²) >= 11 is 0.931. The Morgan fingerprint density at radius 3 is 2.69 bits per heavy atom. The van der Waals surface area contributed by atoms with Crippen LogP contribution in [0.1, 0.15) is 33.3 Å². The minimum absolute atomic E-state index is 0.00141. The number of benzene rings is 2. The van der Waals surface area contributed by atoms with Crippen molar-refractivity contribution >= 4 is 49.3 Å². The molecule has 1 aliphatic heterocycles. The summed E-state index contributed by atoms with van der Waals surface area (Å²) in [5.74, 6) is -2.85. The molecule has 0 unspecified atom stereocenters. The van der Waals surface area contributed by atoms with Crippen LogP contribution in [0.25, 0.3) is 10.9 Å². The number of halogens is 1. The van der Waals surface area contributed by atoms with Gasteiger partial charge in [-0.1, -0.05) is 23.5 Å². The average Bonchev–Trinajstić information content (AvgIpc) is 3.40. The van der Waals surface area contributed by atoms with Crippen LogP contribution in [0.4, 0.5) is 9.52 Å². The third-order valence-corrected chi connectivity index (χ3v) is 8.12. The van der Waals surface area contributed by atoms with Gasteiger partial charge in [0.25, 0.3) is 5.91 Å². The van der Waals surface area contributed by atoms with Crippen LogP contribution in [0.15, 0.2) is 42.6 Å². The summed E-state index contributed by atoms with van der Waals surface area (Å²) in [6, 6.07) is 8.64. The number of aromatic nitrogens is 2. The lowest BCUT2D eigenvalue weighted by atomic mass is 10.0. The molecule has 14 heteroatoms. The fourth-order valence-electron chi connectivity index (χ4n) is 4.25. The van der Waals surface area contributed by atoms with Crippen molar-refractivity contribution in [3.63, 3.8) is 0 Å². The van der Waals surface area contributed by atoms with Crippen LogP contribution in [-0.4, -0.2) is 51.1 Å². The summed E-state index contributed by atoms with van der Waals surface area (Å²) in [5.41, 5.74) is 0.696. The second-order valence-electron chi connectivity index (χ2n) is 8.76. The number of phenolic OH excluding ortho intramolecular Hbond substituents is 1. The van der Waals surface area contributed by atoms with Crippen LogP contribution in [0.5, 0.6) is 17.4 Å². The zero-order valence-corrected chi connectivity index (χ0v) is 22.0. The minimum Gasteiger partial charge on any atom is -0.505 e. The van der Waals surface area contributed by atoms with Gasteiger partial charge in [-0.15, -0.1) is 0 Å². The molecule has 11 nitrogen and oxygen atoms in total. The van der Waals surface area contributed by atoms with Crippen molar-refractivity contribution in [1.29, 1.82) is 0 Å². The predicted octanol–water partition coefficient (Wildman–Crippen LogP) is 3.31. The molecule has 0 aliphatic carbocycles. The summed E-state index contributed by atoms with van der Waals surface area (Å²) in [5, 5.41) is 23.7. The molecule has 3 N–H and O–H groups in total. The molecule has 0 fully saturated rings. The molecular formula is C25H21FN4O7S2. The first-order chi connectivity index (χ1) is 18.5. The van der Waals surface area contributed by atoms with E-state index in [-0.39, 0.29) is 57.3 Å². The van der Waals surface area contributed by atoms with Crippen molar-refractivity contribution in [2.24, 2.45) is 0 Å². The Morgan fingerprint density at radius 1 is 1.23 bits per heavy atom. The van der Waals surface area contributed by atoms with E-state index >= 15 is 0 Å². The van der Waals surface area contributed by atoms with Crippen LogP contribution < -0.4 is 9.50 Å². The molecule has 2 aromatic heterocycles. The number of rotatable bonds is 8. The van der Waals surface area contributed by atoms with Crippen molar-refractivity contribution in [2.75, 3.05) is 11.1 Å². The topological polar surface area (TPSA) is 159 Å². The average molecular weight is 573 g/mol. The van der Waals surface area contributed by atoms with E-state index in [0.717, 1.165) is 11.3 Å². The number of carbonyl (C=O) groups excluding carboxylic acids is 2. The number of nitrogens with zero attached hydrogens (tertiary/aromatic N) is 3. The highest BCUT2D eigenvalue weighted by Gasteiger charge is 2.37. The molecule has 39 heavy (non-hydrogen) atoms. The van der Waals surface area contributed by atoms with Gasteiger partial charge in [0.15, 0.2) is 16.6 Å². The number of nitrogens with one attached hydrogen (secondary N) is 1. The maximum atomic E-state index is 13.3. The summed E-state index contributed by atoms with van der Waals surface area (Å²) in [7, 11) is -4.29. The lowest BCUT2D eigenvalue weighted by molar-refractivity contribution is -0.114. The summed E-state index contributed by atoms with van der Waals surface area (Å²) < 4.78 is 45.0. The molecule has 3 heterocycles. The van der Waals surface area contributed by atoms with E-state index in [1.165, 1.54) is 48.4 Å². The quantitative estimate of drug-likeness (QED) is 0.269. The van der Waals surface area contributed by atoms with Gasteiger partial charge < -0.3 is 24.6 Å². The van der Waals surface area contributed by atoms with Crippen molar-refractivity contribution in [2.45, 2.75) is 26.4 Å². The van der Waals surface area contributed by atoms with E-state index in [1.54, 1.807) is 6.07 Å². The van der Waals surface area contributed by atoms with Gasteiger partial charge in [-0.3, -0.25) is 14.6 Å². The van der Waals surface area contributed by atoms with E-state index in [2.05, 4.69) is 15.3 Å². The van der Waals surface area contributed by atoms with Gasteiger partial charge in [-0.2, -0.15) is 13.4 Å². The van der Waals surface area contributed by atoms with Crippen molar-refractivity contribution in [1.82, 2.24) is 14.9 Å². The van der Waals surface area contributed by atoms with E-state index in [4.69, 9.17) is 4.18 Å². The monoisotopic (exact) mass is 572 g/mol. The summed E-state index contributed by atoms with van der Waals surface area (Å²) in [6.07, 6.45) is 1.24. The Balaban J connectivity index is 1.45. The number of hydrogen-bond donors (Lipinski definition) is 3. The molecule has 2 amide bonds. The smallest absolute Gasteiger partial charge is 0.309 e. The fourth-order valence-corrected chi connectivity index (χ4v) is 6.26. The largest absolute Gasteiger partial charge is 0.505 e. The standard InChI is InChI=1S/C25H21FN4O7S2/c1-13(31)28-25-29-23(33)18(38-25)8-10-39(35,36)37-22-16-3-2-9-27-20(16)21(32)19-17(22)12-30(24(19)34)11-14-4-6-15(26)7-5-14/h2-7,9,32-33H,8,10-12H2,1H3,(H,28,29,31). The Morgan fingerprint density at radius 2 is 1.97 bits per heavy atom. The highest BCUT2D eigenvalue weighted by Crippen LogP contribution is 2.44. The number of fused-ring (bicyclic) bond motifs is 2. The molecule has 5 rings (SSSR count). The number of amides is 2. The van der Waals surface area contributed by atoms with E-state index in [9.17, 15) is 32.6 Å². The molecule has 1 aliphatic rings. The van der Waals surface area contributed by atoms with Crippen LogP contribution in [-0.2, 0) is 34.4 Å². The molecule has 0 atom stereocenters. The molecule has 202 valence electrons. The maximum absolute atomic E-state index is 13.3. The zero-order chi connectivity index (χ0) is 27.9. The molecule has 0 radical (unpaired) electrons. The first-order valence-electron chi connectivity index (χ1n) is 11.6. The number of anilines is 1. The molecule has 0 bridgehead atoms. The number of pyridine rings is 1. The normalized spacial score (nSPS) is 13.1. The summed E-state index contributed by atoms with van der Waals surface area (Å²) in [4.78, 5) is 34.0. The van der Waals surface area contributed by atoms with Crippen molar-refractivity contribution < 1.29 is 36.8 Å². The number of aryl methyl sites for hydroxylation is 1. The molecule has 0 saturated heterocycles. The number of thiazole rings is 1. The van der Waals surface area contributed by atoms with Gasteiger partial charge in [-0.25, -0.2) is 4.39 Å². The fraction of sp³-hybridized carbons (Fsp3) is 0.200. The van der Waals surface area contributed by atoms with Crippen LogP contribution in [0.2, 0.25) is 0 Å². The van der Waals surface area contributed by atoms with E-state index in [0.29, 0.717) is 5.56 Å². The van der Waals surface area contributed by atoms with Gasteiger partial charge >= 0.3 is 10.1 Å². The van der Waals surface area contributed by atoms with Gasteiger partial charge in [0.2, 0.25) is 11.8 Å². The maximum Gasteiger partial charge on any atom is 0.309 e. The SMILES string of the molecule is CC(=O)Nc1nc(O)c(CCS(=O)(=O)Oc2c3c(c(O)c4ncccc24)C(=O)N(Cc2ccc(F)cc2)C3)s1. The van der Waals surface area contributed by atoms with Gasteiger partial charge in [-0.05, 0) is 29.8 Å². The number of aromatic hydroxyl groups is 2. The summed E-state index contributed by atoms with van der Waals surface area (Å²) in [6.45, 7) is 1.30. The lowest BCUT2D eigenvalue weighted by Crippen LogP contribution is -2.23. The first kappa shape index (κ1) is 26.3. The minimum atomic E-state index is -4.29. The Hall–Kier alpha value is -4.30. The van der Waals surface area contributed by atoms with Crippen molar-refractivity contribution in [3.8, 4) is 17.4 Å². The molecule has 0 saturated carbocycles. The molecule has 0 spiro atoms. The van der Waals surface area contributed by atoms with Crippen molar-refractivity contribution in [3.05, 3.63) is 70.0 Å². The predicted molar refractivity (Wildman–Crippen MR) is 140 cm³/mol. The zero-order valence-electron chi connectivity index (χ0n) is 20.3. The van der Waals surface area contributed by atoms with Gasteiger partial charge in [0.1, 0.15) is 11.3 Å². The molecule has 4 aromatic rings. The van der Waals surface area contributed by atoms with Crippen LogP contribution >= 0.6 is 11.3 Å². The number of phenols is 1. The van der Waals surface area contributed by atoms with Crippen LogP contribution in [0.3, 0.4) is 0 Å². The second kappa shape index (κ2) is 10.1. The highest BCUT2D eigenvalue weighted by atomic mass is 32.2. The number of carbonyl (C=O) groups is 2. The highest BCUT2D eigenvalue weighted by molar-refractivity contribution is 7.87. The Kier molecular flexibility index (Phi) is 6.82. The first-order valence-corrected chi connectivity index (χ1v) is 14.0. The van der Waals surface area contributed by atoms with Crippen LogP contribution in [0, 0.1) is 5.82 Å². The third kappa shape index (κ3) is 5.33. The lowest BCUT2D eigenvalue weighted by Gasteiger charge is -2.16. The second-order valence-corrected chi connectivity index (χ2v) is 11.5. The van der Waals surface area contributed by atoms with E-state index < -0.39 is 45.1 Å². The molecule has 2 aromatic carbocycles.